The lowest BCUT2D eigenvalue weighted by Gasteiger charge is -2.17. The Labute approximate surface area is 214 Å². The number of aliphatic hydroxyl groups excluding tert-OH is 1. The minimum absolute atomic E-state index is 0.0124. The second-order valence-corrected chi connectivity index (χ2v) is 10.4. The fourth-order valence-electron chi connectivity index (χ4n) is 3.50. The van der Waals surface area contributed by atoms with Crippen LogP contribution in [0.3, 0.4) is 0 Å². The standard InChI is InChI=1S/C23H24ClN5O4S2/c1-14-3-4-15(11-17(14)24)27-23-29(22(33)18(35-23)12-19(31)25-6-2-9-30)8-7-28-13-26-20-16(21(28)32)5-10-34-20/h3-5,10-11,13,18,30H,2,6-9,12H2,1H3,(H,25,31). The van der Waals surface area contributed by atoms with Gasteiger partial charge in [-0.2, -0.15) is 0 Å². The molecule has 35 heavy (non-hydrogen) atoms. The average Bonchev–Trinajstić information content (AvgIpc) is 3.42. The van der Waals surface area contributed by atoms with Gasteiger partial charge < -0.3 is 10.4 Å². The number of thiophene rings is 1. The van der Waals surface area contributed by atoms with E-state index >= 15 is 0 Å². The average molecular weight is 534 g/mol. The highest BCUT2D eigenvalue weighted by Crippen LogP contribution is 2.32. The molecule has 2 amide bonds. The first kappa shape index (κ1) is 25.4. The van der Waals surface area contributed by atoms with Crippen molar-refractivity contribution in [1.29, 1.82) is 0 Å². The fraction of sp³-hybridized carbons (Fsp3) is 0.348. The van der Waals surface area contributed by atoms with E-state index in [1.54, 1.807) is 12.1 Å². The summed E-state index contributed by atoms with van der Waals surface area (Å²) in [5.41, 5.74) is 1.34. The molecule has 1 unspecified atom stereocenters. The summed E-state index contributed by atoms with van der Waals surface area (Å²) in [5, 5.41) is 14.3. The quantitative estimate of drug-likeness (QED) is 0.408. The molecule has 0 aliphatic carbocycles. The van der Waals surface area contributed by atoms with Crippen LogP contribution in [0.2, 0.25) is 5.02 Å². The molecule has 1 aromatic carbocycles. The first-order valence-electron chi connectivity index (χ1n) is 11.0. The Morgan fingerprint density at radius 3 is 2.89 bits per heavy atom. The number of amides is 2. The van der Waals surface area contributed by atoms with Crippen LogP contribution in [0.1, 0.15) is 18.4 Å². The second kappa shape index (κ2) is 11.3. The van der Waals surface area contributed by atoms with E-state index in [1.165, 1.54) is 38.9 Å². The van der Waals surface area contributed by atoms with Gasteiger partial charge in [0.2, 0.25) is 11.8 Å². The number of nitrogens with one attached hydrogen (secondary N) is 1. The number of rotatable bonds is 9. The molecular weight excluding hydrogens is 510 g/mol. The molecule has 0 bridgehead atoms. The first-order chi connectivity index (χ1) is 16.9. The maximum Gasteiger partial charge on any atom is 0.262 e. The van der Waals surface area contributed by atoms with Crippen LogP contribution in [0.5, 0.6) is 0 Å². The number of fused-ring (bicyclic) bond motifs is 1. The lowest BCUT2D eigenvalue weighted by atomic mass is 10.2. The normalized spacial score (nSPS) is 17.0. The van der Waals surface area contributed by atoms with E-state index in [0.717, 1.165) is 5.56 Å². The van der Waals surface area contributed by atoms with Gasteiger partial charge in [-0.25, -0.2) is 9.98 Å². The molecule has 12 heteroatoms. The third kappa shape index (κ3) is 5.92. The largest absolute Gasteiger partial charge is 0.396 e. The summed E-state index contributed by atoms with van der Waals surface area (Å²) in [6, 6.07) is 7.12. The first-order valence-corrected chi connectivity index (χ1v) is 13.1. The number of carbonyl (C=O) groups is 2. The zero-order valence-corrected chi connectivity index (χ0v) is 21.3. The summed E-state index contributed by atoms with van der Waals surface area (Å²) in [4.78, 5) is 49.4. The second-order valence-electron chi connectivity index (χ2n) is 7.94. The van der Waals surface area contributed by atoms with E-state index < -0.39 is 5.25 Å². The zero-order valence-electron chi connectivity index (χ0n) is 18.9. The SMILES string of the molecule is Cc1ccc(N=C2SC(CC(=O)NCCCO)C(=O)N2CCn2cnc3sccc3c2=O)cc1Cl. The highest BCUT2D eigenvalue weighted by Gasteiger charge is 2.39. The van der Waals surface area contributed by atoms with Crippen LogP contribution in [-0.4, -0.2) is 61.5 Å². The number of aryl methyl sites for hydroxylation is 1. The molecule has 9 nitrogen and oxygen atoms in total. The Hall–Kier alpha value is -2.73. The van der Waals surface area contributed by atoms with Crippen molar-refractivity contribution in [2.24, 2.45) is 4.99 Å². The lowest BCUT2D eigenvalue weighted by molar-refractivity contribution is -0.129. The summed E-state index contributed by atoms with van der Waals surface area (Å²) < 4.78 is 1.47. The molecule has 1 fully saturated rings. The van der Waals surface area contributed by atoms with Crippen LogP contribution in [0.15, 0.2) is 45.8 Å². The van der Waals surface area contributed by atoms with Crippen molar-refractivity contribution in [1.82, 2.24) is 19.8 Å². The number of thioether (sulfide) groups is 1. The third-order valence-electron chi connectivity index (χ3n) is 5.44. The van der Waals surface area contributed by atoms with Crippen molar-refractivity contribution in [2.75, 3.05) is 19.7 Å². The van der Waals surface area contributed by atoms with Gasteiger partial charge in [0.25, 0.3) is 5.56 Å². The van der Waals surface area contributed by atoms with Gasteiger partial charge in [0.15, 0.2) is 5.17 Å². The molecule has 4 rings (SSSR count). The molecule has 2 aromatic heterocycles. The van der Waals surface area contributed by atoms with Crippen LogP contribution in [0.4, 0.5) is 5.69 Å². The van der Waals surface area contributed by atoms with E-state index in [-0.39, 0.29) is 43.5 Å². The molecule has 0 radical (unpaired) electrons. The predicted molar refractivity (Wildman–Crippen MR) is 140 cm³/mol. The van der Waals surface area contributed by atoms with Crippen molar-refractivity contribution in [3.63, 3.8) is 0 Å². The topological polar surface area (TPSA) is 117 Å². The Morgan fingerprint density at radius 2 is 2.11 bits per heavy atom. The van der Waals surface area contributed by atoms with Crippen LogP contribution in [0.25, 0.3) is 10.2 Å². The fourth-order valence-corrected chi connectivity index (χ4v) is 5.58. The highest BCUT2D eigenvalue weighted by atomic mass is 35.5. The third-order valence-corrected chi connectivity index (χ3v) is 7.85. The van der Waals surface area contributed by atoms with Crippen LogP contribution < -0.4 is 10.9 Å². The Bertz CT molecular complexity index is 1340. The van der Waals surface area contributed by atoms with E-state index in [1.807, 2.05) is 24.4 Å². The van der Waals surface area contributed by atoms with Gasteiger partial charge in [-0.3, -0.25) is 23.9 Å². The van der Waals surface area contributed by atoms with Crippen molar-refractivity contribution in [2.45, 2.75) is 31.6 Å². The van der Waals surface area contributed by atoms with Crippen molar-refractivity contribution >= 4 is 67.6 Å². The molecule has 3 heterocycles. The molecule has 1 aliphatic rings. The van der Waals surface area contributed by atoms with E-state index in [0.29, 0.717) is 39.1 Å². The monoisotopic (exact) mass is 533 g/mol. The molecule has 1 aliphatic heterocycles. The predicted octanol–water partition coefficient (Wildman–Crippen LogP) is 2.94. The van der Waals surface area contributed by atoms with Crippen molar-refractivity contribution < 1.29 is 14.7 Å². The Balaban J connectivity index is 1.56. The Kier molecular flexibility index (Phi) is 8.22. The molecule has 1 atom stereocenters. The zero-order chi connectivity index (χ0) is 24.9. The van der Waals surface area contributed by atoms with Crippen LogP contribution in [-0.2, 0) is 16.1 Å². The summed E-state index contributed by atoms with van der Waals surface area (Å²) in [6.45, 7) is 2.64. The molecule has 0 saturated carbocycles. The highest BCUT2D eigenvalue weighted by molar-refractivity contribution is 8.15. The van der Waals surface area contributed by atoms with Gasteiger partial charge in [-0.05, 0) is 42.5 Å². The molecule has 3 aromatic rings. The number of carbonyl (C=O) groups excluding carboxylic acids is 2. The molecular formula is C23H24ClN5O4S2. The number of nitrogens with zero attached hydrogens (tertiary/aromatic N) is 4. The minimum atomic E-state index is -0.641. The number of hydrogen-bond donors (Lipinski definition) is 2. The summed E-state index contributed by atoms with van der Waals surface area (Å²) >= 11 is 8.86. The van der Waals surface area contributed by atoms with Crippen LogP contribution in [0, 0.1) is 6.92 Å². The summed E-state index contributed by atoms with van der Waals surface area (Å²) in [7, 11) is 0. The number of hydrogen-bond acceptors (Lipinski definition) is 8. The van der Waals surface area contributed by atoms with Gasteiger partial charge in [0, 0.05) is 37.7 Å². The van der Waals surface area contributed by atoms with Crippen LogP contribution >= 0.6 is 34.7 Å². The lowest BCUT2D eigenvalue weighted by Crippen LogP contribution is -2.38. The van der Waals surface area contributed by atoms with Gasteiger partial charge in [0.05, 0.1) is 17.4 Å². The van der Waals surface area contributed by atoms with Gasteiger partial charge in [0.1, 0.15) is 10.1 Å². The molecule has 1 saturated heterocycles. The van der Waals surface area contributed by atoms with E-state index in [4.69, 9.17) is 16.7 Å². The number of amidine groups is 1. The summed E-state index contributed by atoms with van der Waals surface area (Å²) in [5.74, 6) is -0.519. The number of aliphatic hydroxyl groups is 1. The van der Waals surface area contributed by atoms with E-state index in [9.17, 15) is 14.4 Å². The van der Waals surface area contributed by atoms with Crippen molar-refractivity contribution in [3.8, 4) is 0 Å². The summed E-state index contributed by atoms with van der Waals surface area (Å²) in [6.07, 6.45) is 1.92. The Morgan fingerprint density at radius 1 is 1.29 bits per heavy atom. The van der Waals surface area contributed by atoms with Gasteiger partial charge in [-0.15, -0.1) is 11.3 Å². The van der Waals surface area contributed by atoms with E-state index in [2.05, 4.69) is 15.3 Å². The number of aromatic nitrogens is 2. The number of aliphatic imine (C=N–C) groups is 1. The van der Waals surface area contributed by atoms with Gasteiger partial charge >= 0.3 is 0 Å². The van der Waals surface area contributed by atoms with Crippen molar-refractivity contribution in [3.05, 3.63) is 56.9 Å². The molecule has 0 spiro atoms. The number of halogens is 1. The maximum atomic E-state index is 13.2. The smallest absolute Gasteiger partial charge is 0.262 e. The number of benzene rings is 1. The maximum absolute atomic E-state index is 13.2. The molecule has 184 valence electrons. The molecule has 2 N–H and O–H groups in total. The minimum Gasteiger partial charge on any atom is -0.396 e. The van der Waals surface area contributed by atoms with Gasteiger partial charge in [-0.1, -0.05) is 29.4 Å².